The van der Waals surface area contributed by atoms with Crippen LogP contribution in [-0.2, 0) is 6.54 Å². The standard InChI is InChI=1S/C14H10ClIN2O3/c15-12-7-10(3-6-13(12)16)14(19)17-8-9-1-4-11(5-2-9)18(20)21/h1-7H,8H2,(H,17,19). The van der Waals surface area contributed by atoms with E-state index in [9.17, 15) is 14.9 Å². The molecule has 21 heavy (non-hydrogen) atoms. The van der Waals surface area contributed by atoms with Crippen molar-refractivity contribution < 1.29 is 9.72 Å². The Balaban J connectivity index is 2.00. The molecular weight excluding hydrogens is 407 g/mol. The number of amides is 1. The maximum Gasteiger partial charge on any atom is 0.269 e. The van der Waals surface area contributed by atoms with E-state index in [1.165, 1.54) is 12.1 Å². The van der Waals surface area contributed by atoms with Crippen LogP contribution in [-0.4, -0.2) is 10.8 Å². The van der Waals surface area contributed by atoms with Crippen molar-refractivity contribution in [3.8, 4) is 0 Å². The summed E-state index contributed by atoms with van der Waals surface area (Å²) in [5.41, 5.74) is 1.28. The van der Waals surface area contributed by atoms with E-state index in [4.69, 9.17) is 11.6 Å². The molecular formula is C14H10ClIN2O3. The van der Waals surface area contributed by atoms with Crippen molar-refractivity contribution in [3.63, 3.8) is 0 Å². The van der Waals surface area contributed by atoms with Crippen LogP contribution in [0.25, 0.3) is 0 Å². The number of rotatable bonds is 4. The molecule has 0 spiro atoms. The molecule has 0 aliphatic carbocycles. The van der Waals surface area contributed by atoms with E-state index in [0.717, 1.165) is 9.13 Å². The Morgan fingerprint density at radius 3 is 2.48 bits per heavy atom. The van der Waals surface area contributed by atoms with Gasteiger partial charge in [-0.05, 0) is 46.4 Å². The number of non-ortho nitro benzene ring substituents is 1. The van der Waals surface area contributed by atoms with Gasteiger partial charge >= 0.3 is 0 Å². The first kappa shape index (κ1) is 15.7. The fraction of sp³-hybridized carbons (Fsp3) is 0.0714. The summed E-state index contributed by atoms with van der Waals surface area (Å²) < 4.78 is 0.876. The third kappa shape index (κ3) is 4.15. The average Bonchev–Trinajstić information content (AvgIpc) is 2.48. The number of carbonyl (C=O) groups is 1. The summed E-state index contributed by atoms with van der Waals surface area (Å²) in [6, 6.07) is 11.1. The van der Waals surface area contributed by atoms with E-state index >= 15 is 0 Å². The molecule has 2 aromatic rings. The summed E-state index contributed by atoms with van der Waals surface area (Å²) in [6.07, 6.45) is 0. The highest BCUT2D eigenvalue weighted by Gasteiger charge is 2.08. The number of nitro benzene ring substituents is 1. The van der Waals surface area contributed by atoms with Gasteiger partial charge in [0, 0.05) is 27.8 Å². The summed E-state index contributed by atoms with van der Waals surface area (Å²) >= 11 is 8.06. The van der Waals surface area contributed by atoms with Crippen LogP contribution < -0.4 is 5.32 Å². The molecule has 0 aliphatic heterocycles. The zero-order valence-corrected chi connectivity index (χ0v) is 13.6. The number of nitro groups is 1. The number of benzene rings is 2. The minimum absolute atomic E-state index is 0.0227. The predicted molar refractivity (Wildman–Crippen MR) is 88.4 cm³/mol. The van der Waals surface area contributed by atoms with Gasteiger partial charge in [-0.1, -0.05) is 23.7 Å². The SMILES string of the molecule is O=C(NCc1ccc([N+](=O)[O-])cc1)c1ccc(I)c(Cl)c1. The van der Waals surface area contributed by atoms with E-state index in [0.29, 0.717) is 17.1 Å². The van der Waals surface area contributed by atoms with Crippen LogP contribution in [0.2, 0.25) is 5.02 Å². The number of carbonyl (C=O) groups excluding carboxylic acids is 1. The lowest BCUT2D eigenvalue weighted by Gasteiger charge is -2.06. The van der Waals surface area contributed by atoms with Crippen LogP contribution in [0, 0.1) is 13.7 Å². The van der Waals surface area contributed by atoms with Gasteiger partial charge in [-0.3, -0.25) is 14.9 Å². The van der Waals surface area contributed by atoms with Gasteiger partial charge in [-0.25, -0.2) is 0 Å². The molecule has 1 amide bonds. The summed E-state index contributed by atoms with van der Waals surface area (Å²) in [7, 11) is 0. The van der Waals surface area contributed by atoms with Gasteiger partial charge in [0.25, 0.3) is 11.6 Å². The Morgan fingerprint density at radius 1 is 1.24 bits per heavy atom. The molecule has 1 N–H and O–H groups in total. The quantitative estimate of drug-likeness (QED) is 0.468. The van der Waals surface area contributed by atoms with E-state index in [1.807, 2.05) is 0 Å². The Morgan fingerprint density at radius 2 is 1.90 bits per heavy atom. The van der Waals surface area contributed by atoms with E-state index < -0.39 is 4.92 Å². The minimum Gasteiger partial charge on any atom is -0.348 e. The van der Waals surface area contributed by atoms with Gasteiger partial charge in [0.05, 0.1) is 9.95 Å². The normalized spacial score (nSPS) is 10.2. The Hall–Kier alpha value is -1.67. The maximum atomic E-state index is 12.0. The van der Waals surface area contributed by atoms with Crippen molar-refractivity contribution in [1.82, 2.24) is 5.32 Å². The van der Waals surface area contributed by atoms with E-state index in [2.05, 4.69) is 27.9 Å². The second-order valence-corrected chi connectivity index (χ2v) is 5.80. The lowest BCUT2D eigenvalue weighted by atomic mass is 10.2. The van der Waals surface area contributed by atoms with Crippen LogP contribution >= 0.6 is 34.2 Å². The highest BCUT2D eigenvalue weighted by atomic mass is 127. The molecule has 0 fully saturated rings. The van der Waals surface area contributed by atoms with Gasteiger partial charge < -0.3 is 5.32 Å². The first-order chi connectivity index (χ1) is 9.97. The van der Waals surface area contributed by atoms with Gasteiger partial charge in [-0.15, -0.1) is 0 Å². The van der Waals surface area contributed by atoms with Crippen molar-refractivity contribution >= 4 is 45.8 Å². The molecule has 0 atom stereocenters. The van der Waals surface area contributed by atoms with Crippen LogP contribution in [0.1, 0.15) is 15.9 Å². The summed E-state index contributed by atoms with van der Waals surface area (Å²) in [4.78, 5) is 22.1. The largest absolute Gasteiger partial charge is 0.348 e. The third-order valence-electron chi connectivity index (χ3n) is 2.78. The first-order valence-electron chi connectivity index (χ1n) is 5.94. The molecule has 0 bridgehead atoms. The topological polar surface area (TPSA) is 72.2 Å². The molecule has 2 aromatic carbocycles. The summed E-state index contributed by atoms with van der Waals surface area (Å²) in [5, 5.41) is 13.8. The number of nitrogens with zero attached hydrogens (tertiary/aromatic N) is 1. The van der Waals surface area contributed by atoms with Crippen molar-refractivity contribution in [2.24, 2.45) is 0 Å². The predicted octanol–water partition coefficient (Wildman–Crippen LogP) is 3.78. The molecule has 108 valence electrons. The first-order valence-corrected chi connectivity index (χ1v) is 7.39. The van der Waals surface area contributed by atoms with Crippen molar-refractivity contribution in [3.05, 3.63) is 72.3 Å². The van der Waals surface area contributed by atoms with Crippen molar-refractivity contribution in [1.29, 1.82) is 0 Å². The average molecular weight is 417 g/mol. The molecule has 5 nitrogen and oxygen atoms in total. The second kappa shape index (κ2) is 6.86. The number of hydrogen-bond acceptors (Lipinski definition) is 3. The van der Waals surface area contributed by atoms with Crippen LogP contribution in [0.4, 0.5) is 5.69 Å². The monoisotopic (exact) mass is 416 g/mol. The fourth-order valence-electron chi connectivity index (χ4n) is 1.66. The summed E-state index contributed by atoms with van der Waals surface area (Å²) in [6.45, 7) is 0.292. The Kier molecular flexibility index (Phi) is 5.13. The number of nitrogens with one attached hydrogen (secondary N) is 1. The van der Waals surface area contributed by atoms with Gasteiger partial charge in [-0.2, -0.15) is 0 Å². The second-order valence-electron chi connectivity index (χ2n) is 4.24. The van der Waals surface area contributed by atoms with E-state index in [-0.39, 0.29) is 11.6 Å². The Bertz CT molecular complexity index is 689. The molecule has 0 radical (unpaired) electrons. The molecule has 0 heterocycles. The highest BCUT2D eigenvalue weighted by molar-refractivity contribution is 14.1. The molecule has 0 unspecified atom stereocenters. The highest BCUT2D eigenvalue weighted by Crippen LogP contribution is 2.19. The Labute approximate surface area is 139 Å². The molecule has 0 saturated heterocycles. The van der Waals surface area contributed by atoms with E-state index in [1.54, 1.807) is 30.3 Å². The zero-order valence-electron chi connectivity index (χ0n) is 10.7. The number of halogens is 2. The fourth-order valence-corrected chi connectivity index (χ4v) is 2.17. The zero-order chi connectivity index (χ0) is 15.4. The lowest BCUT2D eigenvalue weighted by Crippen LogP contribution is -2.22. The molecule has 7 heteroatoms. The number of hydrogen-bond donors (Lipinski definition) is 1. The van der Waals surface area contributed by atoms with Crippen molar-refractivity contribution in [2.75, 3.05) is 0 Å². The lowest BCUT2D eigenvalue weighted by molar-refractivity contribution is -0.384. The molecule has 0 aliphatic rings. The van der Waals surface area contributed by atoms with Gasteiger partial charge in [0.15, 0.2) is 0 Å². The van der Waals surface area contributed by atoms with Crippen LogP contribution in [0.5, 0.6) is 0 Å². The van der Waals surface area contributed by atoms with Gasteiger partial charge in [0.1, 0.15) is 0 Å². The maximum absolute atomic E-state index is 12.0. The van der Waals surface area contributed by atoms with Crippen LogP contribution in [0.15, 0.2) is 42.5 Å². The minimum atomic E-state index is -0.462. The molecule has 0 saturated carbocycles. The van der Waals surface area contributed by atoms with Crippen molar-refractivity contribution in [2.45, 2.75) is 6.54 Å². The van der Waals surface area contributed by atoms with Gasteiger partial charge in [0.2, 0.25) is 0 Å². The summed E-state index contributed by atoms with van der Waals surface area (Å²) in [5.74, 6) is -0.244. The molecule has 2 rings (SSSR count). The smallest absolute Gasteiger partial charge is 0.269 e. The third-order valence-corrected chi connectivity index (χ3v) is 4.35. The van der Waals surface area contributed by atoms with Crippen LogP contribution in [0.3, 0.4) is 0 Å². The molecule has 0 aromatic heterocycles.